The quantitative estimate of drug-likeness (QED) is 0.863. The molecule has 2 rings (SSSR count). The predicted octanol–water partition coefficient (Wildman–Crippen LogP) is 3.38. The number of anilines is 1. The predicted molar refractivity (Wildman–Crippen MR) is 66.1 cm³/mol. The maximum absolute atomic E-state index is 13.6. The van der Waals surface area contributed by atoms with Crippen molar-refractivity contribution in [3.8, 4) is 11.3 Å². The van der Waals surface area contributed by atoms with E-state index in [1.807, 2.05) is 6.92 Å². The summed E-state index contributed by atoms with van der Waals surface area (Å²) in [6.45, 7) is 2.70. The molecule has 0 saturated heterocycles. The molecule has 1 heterocycles. The summed E-state index contributed by atoms with van der Waals surface area (Å²) in [5.74, 6) is -2.69. The van der Waals surface area contributed by atoms with Gasteiger partial charge in [0.15, 0.2) is 11.6 Å². The Morgan fingerprint density at radius 2 is 1.74 bits per heavy atom. The molecule has 0 unspecified atom stereocenters. The van der Waals surface area contributed by atoms with Crippen LogP contribution in [0, 0.1) is 17.5 Å². The summed E-state index contributed by atoms with van der Waals surface area (Å²) in [5.41, 5.74) is 0.103. The van der Waals surface area contributed by atoms with Crippen LogP contribution in [0.15, 0.2) is 24.5 Å². The van der Waals surface area contributed by atoms with E-state index in [0.29, 0.717) is 18.4 Å². The van der Waals surface area contributed by atoms with Crippen molar-refractivity contribution in [1.29, 1.82) is 0 Å². The molecule has 0 aliphatic heterocycles. The summed E-state index contributed by atoms with van der Waals surface area (Å²) in [7, 11) is 0. The number of rotatable bonds is 4. The third-order valence-electron chi connectivity index (χ3n) is 2.51. The molecule has 0 bridgehead atoms. The Bertz CT molecular complexity index is 587. The second-order valence-corrected chi connectivity index (χ2v) is 3.96. The lowest BCUT2D eigenvalue weighted by molar-refractivity contribution is 0.496. The Kier molecular flexibility index (Phi) is 3.99. The molecule has 1 aromatic heterocycles. The van der Waals surface area contributed by atoms with Crippen molar-refractivity contribution in [3.63, 3.8) is 0 Å². The fourth-order valence-corrected chi connectivity index (χ4v) is 1.57. The highest BCUT2D eigenvalue weighted by Gasteiger charge is 2.13. The monoisotopic (exact) mass is 267 g/mol. The number of hydrogen-bond donors (Lipinski definition) is 1. The highest BCUT2D eigenvalue weighted by molar-refractivity contribution is 5.62. The molecule has 3 nitrogen and oxygen atoms in total. The summed E-state index contributed by atoms with van der Waals surface area (Å²) in [6.07, 6.45) is 2.15. The average molecular weight is 267 g/mol. The van der Waals surface area contributed by atoms with E-state index in [9.17, 15) is 13.2 Å². The van der Waals surface area contributed by atoms with Crippen LogP contribution in [-0.2, 0) is 0 Å². The molecule has 0 amide bonds. The lowest BCUT2D eigenvalue weighted by Crippen LogP contribution is -2.03. The Balaban J connectivity index is 2.38. The standard InChI is InChI=1S/C13H12F3N3/c1-2-3-17-13-6-12(18-7-19-13)8-4-10(15)11(16)5-9(8)14/h4-7H,2-3H2,1H3,(H,17,18,19). The lowest BCUT2D eigenvalue weighted by atomic mass is 10.1. The molecule has 6 heteroatoms. The second-order valence-electron chi connectivity index (χ2n) is 3.96. The van der Waals surface area contributed by atoms with Crippen molar-refractivity contribution >= 4 is 5.82 Å². The van der Waals surface area contributed by atoms with E-state index < -0.39 is 17.5 Å². The van der Waals surface area contributed by atoms with Crippen molar-refractivity contribution in [2.24, 2.45) is 0 Å². The maximum Gasteiger partial charge on any atom is 0.161 e. The van der Waals surface area contributed by atoms with E-state index >= 15 is 0 Å². The molecule has 19 heavy (non-hydrogen) atoms. The minimum Gasteiger partial charge on any atom is -0.370 e. The first kappa shape index (κ1) is 13.3. The zero-order valence-corrected chi connectivity index (χ0v) is 10.3. The molecule has 0 spiro atoms. The zero-order chi connectivity index (χ0) is 13.8. The van der Waals surface area contributed by atoms with Gasteiger partial charge in [0.25, 0.3) is 0 Å². The largest absolute Gasteiger partial charge is 0.370 e. The van der Waals surface area contributed by atoms with Crippen LogP contribution in [0.4, 0.5) is 19.0 Å². The van der Waals surface area contributed by atoms with Crippen molar-refractivity contribution in [1.82, 2.24) is 9.97 Å². The first-order valence-corrected chi connectivity index (χ1v) is 5.82. The molecular weight excluding hydrogens is 255 g/mol. The maximum atomic E-state index is 13.6. The van der Waals surface area contributed by atoms with Crippen LogP contribution in [0.1, 0.15) is 13.3 Å². The molecule has 0 aliphatic rings. The second kappa shape index (κ2) is 5.69. The van der Waals surface area contributed by atoms with Crippen LogP contribution >= 0.6 is 0 Å². The van der Waals surface area contributed by atoms with Crippen molar-refractivity contribution in [3.05, 3.63) is 42.0 Å². The highest BCUT2D eigenvalue weighted by atomic mass is 19.2. The van der Waals surface area contributed by atoms with Gasteiger partial charge in [-0.3, -0.25) is 0 Å². The highest BCUT2D eigenvalue weighted by Crippen LogP contribution is 2.24. The third kappa shape index (κ3) is 3.01. The van der Waals surface area contributed by atoms with Gasteiger partial charge in [-0.2, -0.15) is 0 Å². The van der Waals surface area contributed by atoms with Crippen molar-refractivity contribution in [2.75, 3.05) is 11.9 Å². The van der Waals surface area contributed by atoms with Gasteiger partial charge >= 0.3 is 0 Å². The van der Waals surface area contributed by atoms with Crippen molar-refractivity contribution < 1.29 is 13.2 Å². The number of aromatic nitrogens is 2. The van der Waals surface area contributed by atoms with Gasteiger partial charge in [-0.25, -0.2) is 23.1 Å². The van der Waals surface area contributed by atoms with Gasteiger partial charge in [-0.1, -0.05) is 6.92 Å². The van der Waals surface area contributed by atoms with Gasteiger partial charge in [-0.15, -0.1) is 0 Å². The van der Waals surface area contributed by atoms with E-state index in [1.165, 1.54) is 12.4 Å². The summed E-state index contributed by atoms with van der Waals surface area (Å²) >= 11 is 0. The smallest absolute Gasteiger partial charge is 0.161 e. The average Bonchev–Trinajstić information content (AvgIpc) is 2.41. The van der Waals surface area contributed by atoms with Gasteiger partial charge < -0.3 is 5.32 Å². The van der Waals surface area contributed by atoms with E-state index in [2.05, 4.69) is 15.3 Å². The Labute approximate surface area is 108 Å². The van der Waals surface area contributed by atoms with E-state index in [1.54, 1.807) is 0 Å². The molecular formula is C13H12F3N3. The van der Waals surface area contributed by atoms with Gasteiger partial charge in [0.1, 0.15) is 18.0 Å². The van der Waals surface area contributed by atoms with Gasteiger partial charge in [0.2, 0.25) is 0 Å². The Morgan fingerprint density at radius 3 is 2.47 bits per heavy atom. The molecule has 2 aromatic rings. The molecule has 100 valence electrons. The fourth-order valence-electron chi connectivity index (χ4n) is 1.57. The number of halogens is 3. The first-order chi connectivity index (χ1) is 9.11. The van der Waals surface area contributed by atoms with Gasteiger partial charge in [0, 0.05) is 24.2 Å². The van der Waals surface area contributed by atoms with Crippen LogP contribution in [0.5, 0.6) is 0 Å². The van der Waals surface area contributed by atoms with E-state index in [0.717, 1.165) is 12.5 Å². The van der Waals surface area contributed by atoms with Crippen LogP contribution in [0.25, 0.3) is 11.3 Å². The minimum absolute atomic E-state index is 0.0964. The minimum atomic E-state index is -1.22. The molecule has 0 fully saturated rings. The first-order valence-electron chi connectivity index (χ1n) is 5.82. The van der Waals surface area contributed by atoms with Crippen LogP contribution in [0.3, 0.4) is 0 Å². The van der Waals surface area contributed by atoms with Gasteiger partial charge in [0.05, 0.1) is 5.69 Å². The SMILES string of the molecule is CCCNc1cc(-c2cc(F)c(F)cc2F)ncn1. The zero-order valence-electron chi connectivity index (χ0n) is 10.3. The van der Waals surface area contributed by atoms with Crippen LogP contribution in [0.2, 0.25) is 0 Å². The van der Waals surface area contributed by atoms with E-state index in [4.69, 9.17) is 0 Å². The number of nitrogens with zero attached hydrogens (tertiary/aromatic N) is 2. The molecule has 0 saturated carbocycles. The summed E-state index contributed by atoms with van der Waals surface area (Å²) in [6, 6.07) is 2.79. The summed E-state index contributed by atoms with van der Waals surface area (Å²) in [4.78, 5) is 7.83. The lowest BCUT2D eigenvalue weighted by Gasteiger charge is -2.07. The Morgan fingerprint density at radius 1 is 1.00 bits per heavy atom. The van der Waals surface area contributed by atoms with Crippen molar-refractivity contribution in [2.45, 2.75) is 13.3 Å². The molecule has 1 aromatic carbocycles. The molecule has 0 atom stereocenters. The third-order valence-corrected chi connectivity index (χ3v) is 2.51. The van der Waals surface area contributed by atoms with Gasteiger partial charge in [-0.05, 0) is 12.5 Å². The topological polar surface area (TPSA) is 37.8 Å². The molecule has 0 radical (unpaired) electrons. The van der Waals surface area contributed by atoms with Crippen LogP contribution in [-0.4, -0.2) is 16.5 Å². The normalized spacial score (nSPS) is 10.5. The summed E-state index contributed by atoms with van der Waals surface area (Å²) in [5, 5.41) is 3.01. The van der Waals surface area contributed by atoms with Crippen LogP contribution < -0.4 is 5.32 Å². The fraction of sp³-hybridized carbons (Fsp3) is 0.231. The summed E-state index contributed by atoms with van der Waals surface area (Å²) < 4.78 is 39.6. The number of hydrogen-bond acceptors (Lipinski definition) is 3. The molecule has 1 N–H and O–H groups in total. The number of benzene rings is 1. The Hall–Kier alpha value is -2.11. The van der Waals surface area contributed by atoms with E-state index in [-0.39, 0.29) is 11.3 Å². The number of nitrogens with one attached hydrogen (secondary N) is 1. The molecule has 0 aliphatic carbocycles.